The van der Waals surface area contributed by atoms with E-state index in [2.05, 4.69) is 4.98 Å². The summed E-state index contributed by atoms with van der Waals surface area (Å²) >= 11 is 1.50. The summed E-state index contributed by atoms with van der Waals surface area (Å²) in [7, 11) is 0. The first kappa shape index (κ1) is 23.5. The minimum atomic E-state index is 0.0377. The first-order valence-electron chi connectivity index (χ1n) is 11.6. The van der Waals surface area contributed by atoms with Gasteiger partial charge in [-0.25, -0.2) is 4.98 Å². The first-order valence-corrected chi connectivity index (χ1v) is 12.4. The van der Waals surface area contributed by atoms with Gasteiger partial charge < -0.3 is 9.47 Å². The molecule has 0 bridgehead atoms. The number of ether oxygens (including phenoxy) is 2. The summed E-state index contributed by atoms with van der Waals surface area (Å²) in [6, 6.07) is 24.7. The molecule has 0 amide bonds. The molecule has 36 heavy (non-hydrogen) atoms. The van der Waals surface area contributed by atoms with Gasteiger partial charge in [0.05, 0.1) is 12.1 Å². The van der Waals surface area contributed by atoms with Crippen molar-refractivity contribution in [1.29, 1.82) is 0 Å². The topological polar surface area (TPSA) is 61.3 Å². The van der Waals surface area contributed by atoms with Gasteiger partial charge in [0, 0.05) is 28.9 Å². The summed E-state index contributed by atoms with van der Waals surface area (Å²) < 4.78 is 12.0. The smallest absolute Gasteiger partial charge is 0.169 e. The third-order valence-corrected chi connectivity index (χ3v) is 6.52. The van der Waals surface area contributed by atoms with E-state index in [1.807, 2.05) is 86.0 Å². The van der Waals surface area contributed by atoms with Gasteiger partial charge in [-0.1, -0.05) is 18.2 Å². The van der Waals surface area contributed by atoms with Crippen molar-refractivity contribution in [3.63, 3.8) is 0 Å². The number of aryl methyl sites for hydroxylation is 2. The summed E-state index contributed by atoms with van der Waals surface area (Å²) in [6.45, 7) is 4.10. The fourth-order valence-electron chi connectivity index (χ4n) is 4.01. The molecule has 0 aliphatic rings. The van der Waals surface area contributed by atoms with Gasteiger partial charge in [-0.2, -0.15) is 0 Å². The van der Waals surface area contributed by atoms with Gasteiger partial charge in [-0.3, -0.25) is 9.78 Å². The molecule has 5 aromatic rings. The zero-order chi connectivity index (χ0) is 24.9. The van der Waals surface area contributed by atoms with E-state index >= 15 is 0 Å². The Labute approximate surface area is 214 Å². The maximum atomic E-state index is 12.5. The molecule has 6 heteroatoms. The molecular formula is C30H24N2O3S. The van der Waals surface area contributed by atoms with Crippen LogP contribution in [0.2, 0.25) is 0 Å². The fraction of sp³-hybridized carbons (Fsp3) is 0.100. The van der Waals surface area contributed by atoms with Crippen LogP contribution in [-0.2, 0) is 6.42 Å². The van der Waals surface area contributed by atoms with Gasteiger partial charge >= 0.3 is 0 Å². The van der Waals surface area contributed by atoms with Crippen molar-refractivity contribution in [3.8, 4) is 34.3 Å². The SMILES string of the molecule is Cc1cc(Oc2ccc(Oc3ccccc3)cc2)cc(C)c1-c1csc(CC(=O)c2ccncc2)n1. The van der Waals surface area contributed by atoms with Gasteiger partial charge in [-0.05, 0) is 85.6 Å². The number of benzene rings is 3. The number of nitrogens with zero attached hydrogens (tertiary/aromatic N) is 2. The van der Waals surface area contributed by atoms with Crippen molar-refractivity contribution in [2.75, 3.05) is 0 Å². The number of carbonyl (C=O) groups excluding carboxylic acids is 1. The van der Waals surface area contributed by atoms with Crippen LogP contribution in [0.4, 0.5) is 0 Å². The second-order valence-electron chi connectivity index (χ2n) is 8.38. The number of thiazole rings is 1. The lowest BCUT2D eigenvalue weighted by Gasteiger charge is -2.13. The fourth-order valence-corrected chi connectivity index (χ4v) is 4.79. The molecule has 2 heterocycles. The molecule has 0 atom stereocenters. The second-order valence-corrected chi connectivity index (χ2v) is 9.33. The van der Waals surface area contributed by atoms with Gasteiger partial charge in [0.25, 0.3) is 0 Å². The highest BCUT2D eigenvalue weighted by atomic mass is 32.1. The van der Waals surface area contributed by atoms with E-state index in [0.29, 0.717) is 5.56 Å². The van der Waals surface area contributed by atoms with Crippen LogP contribution >= 0.6 is 11.3 Å². The Bertz CT molecular complexity index is 1460. The van der Waals surface area contributed by atoms with Crippen molar-refractivity contribution in [2.45, 2.75) is 20.3 Å². The lowest BCUT2D eigenvalue weighted by atomic mass is 10.00. The monoisotopic (exact) mass is 492 g/mol. The van der Waals surface area contributed by atoms with Crippen LogP contribution < -0.4 is 9.47 Å². The van der Waals surface area contributed by atoms with Crippen molar-refractivity contribution < 1.29 is 14.3 Å². The molecular weight excluding hydrogens is 468 g/mol. The molecule has 0 N–H and O–H groups in total. The van der Waals surface area contributed by atoms with Crippen LogP contribution in [0.15, 0.2) is 96.6 Å². The highest BCUT2D eigenvalue weighted by molar-refractivity contribution is 7.10. The third-order valence-electron chi connectivity index (χ3n) is 5.67. The summed E-state index contributed by atoms with van der Waals surface area (Å²) in [6.07, 6.45) is 3.53. The molecule has 0 fully saturated rings. The van der Waals surface area contributed by atoms with E-state index in [0.717, 1.165) is 50.4 Å². The van der Waals surface area contributed by atoms with E-state index < -0.39 is 0 Å². The molecule has 0 saturated carbocycles. The lowest BCUT2D eigenvalue weighted by molar-refractivity contribution is 0.0993. The number of pyridine rings is 1. The van der Waals surface area contributed by atoms with Crippen molar-refractivity contribution in [1.82, 2.24) is 9.97 Å². The van der Waals surface area contributed by atoms with E-state index in [1.54, 1.807) is 24.5 Å². The average Bonchev–Trinajstić information content (AvgIpc) is 3.33. The molecule has 0 saturated heterocycles. The molecule has 0 aliphatic heterocycles. The van der Waals surface area contributed by atoms with Gasteiger partial charge in [0.1, 0.15) is 28.0 Å². The molecule has 0 unspecified atom stereocenters. The van der Waals surface area contributed by atoms with Crippen LogP contribution in [0.5, 0.6) is 23.0 Å². The number of para-hydroxylation sites is 1. The maximum Gasteiger partial charge on any atom is 0.169 e. The number of hydrogen-bond acceptors (Lipinski definition) is 6. The predicted molar refractivity (Wildman–Crippen MR) is 142 cm³/mol. The Morgan fingerprint density at radius 3 is 2.00 bits per heavy atom. The van der Waals surface area contributed by atoms with Crippen LogP contribution in [0, 0.1) is 13.8 Å². The van der Waals surface area contributed by atoms with E-state index in [4.69, 9.17) is 14.5 Å². The van der Waals surface area contributed by atoms with Crippen molar-refractivity contribution in [3.05, 3.63) is 118 Å². The number of ketones is 1. The predicted octanol–water partition coefficient (Wildman–Crippen LogP) is 7.83. The molecule has 178 valence electrons. The zero-order valence-corrected chi connectivity index (χ0v) is 20.8. The maximum absolute atomic E-state index is 12.5. The van der Waals surface area contributed by atoms with Crippen LogP contribution in [-0.4, -0.2) is 15.8 Å². The highest BCUT2D eigenvalue weighted by Gasteiger charge is 2.15. The van der Waals surface area contributed by atoms with E-state index in [-0.39, 0.29) is 12.2 Å². The Morgan fingerprint density at radius 2 is 1.36 bits per heavy atom. The number of aromatic nitrogens is 2. The van der Waals surface area contributed by atoms with E-state index in [9.17, 15) is 4.79 Å². The van der Waals surface area contributed by atoms with Gasteiger partial charge in [0.2, 0.25) is 0 Å². The minimum Gasteiger partial charge on any atom is -0.457 e. The van der Waals surface area contributed by atoms with Crippen LogP contribution in [0.3, 0.4) is 0 Å². The quantitative estimate of drug-likeness (QED) is 0.207. The molecule has 3 aromatic carbocycles. The summed E-state index contributed by atoms with van der Waals surface area (Å²) in [5, 5.41) is 2.81. The standard InChI is InChI=1S/C30H24N2O3S/c1-20-16-26(35-25-10-8-24(9-11-25)34-23-6-4-3-5-7-23)17-21(2)30(20)27-19-36-29(32-27)18-28(33)22-12-14-31-15-13-22/h3-17,19H,18H2,1-2H3. The zero-order valence-electron chi connectivity index (χ0n) is 20.0. The molecule has 0 spiro atoms. The van der Waals surface area contributed by atoms with Gasteiger partial charge in [0.15, 0.2) is 5.78 Å². The normalized spacial score (nSPS) is 10.7. The molecule has 5 rings (SSSR count). The molecule has 2 aromatic heterocycles. The number of Topliss-reactive ketones (excluding diaryl/α,β-unsaturated/α-hetero) is 1. The molecule has 0 radical (unpaired) electrons. The number of hydrogen-bond donors (Lipinski definition) is 0. The van der Waals surface area contributed by atoms with Crippen molar-refractivity contribution >= 4 is 17.1 Å². The number of rotatable bonds is 8. The lowest BCUT2D eigenvalue weighted by Crippen LogP contribution is -2.03. The molecule has 5 nitrogen and oxygen atoms in total. The van der Waals surface area contributed by atoms with Crippen molar-refractivity contribution in [2.24, 2.45) is 0 Å². The van der Waals surface area contributed by atoms with E-state index in [1.165, 1.54) is 11.3 Å². The van der Waals surface area contributed by atoms with Crippen LogP contribution in [0.1, 0.15) is 26.5 Å². The Kier molecular flexibility index (Phi) is 6.87. The average molecular weight is 493 g/mol. The highest BCUT2D eigenvalue weighted by Crippen LogP contribution is 2.34. The summed E-state index contributed by atoms with van der Waals surface area (Å²) in [5.41, 5.74) is 4.71. The third kappa shape index (κ3) is 5.50. The Morgan fingerprint density at radius 1 is 0.778 bits per heavy atom. The minimum absolute atomic E-state index is 0.0377. The largest absolute Gasteiger partial charge is 0.457 e. The second kappa shape index (κ2) is 10.5. The molecule has 0 aliphatic carbocycles. The summed E-state index contributed by atoms with van der Waals surface area (Å²) in [4.78, 5) is 21.3. The number of carbonyl (C=O) groups is 1. The summed E-state index contributed by atoms with van der Waals surface area (Å²) in [5.74, 6) is 3.06. The van der Waals surface area contributed by atoms with Crippen LogP contribution in [0.25, 0.3) is 11.3 Å². The van der Waals surface area contributed by atoms with Gasteiger partial charge in [-0.15, -0.1) is 11.3 Å². The first-order chi connectivity index (χ1) is 17.5. The Hall–Kier alpha value is -4.29. The Balaban J connectivity index is 1.28.